The van der Waals surface area contributed by atoms with Crippen molar-refractivity contribution in [3.63, 3.8) is 0 Å². The summed E-state index contributed by atoms with van der Waals surface area (Å²) in [5.41, 5.74) is -1.57. The summed E-state index contributed by atoms with van der Waals surface area (Å²) in [6.07, 6.45) is -3.65. The standard InChI is InChI=1S/C25H22F3N5O3/c1-14-32(17-5-4-15(10-29)19(9-17)25(26,27)28)23(35)24(2,3)33(14)18-6-7-20-16(8-18)11-31(30-20)21-12-36-13-22(21)34/h4-9,11,21-22,34H,1,12-13H2,2-3H3. The number of aliphatic hydroxyl groups excluding tert-OH is 1. The second kappa shape index (κ2) is 8.08. The van der Waals surface area contributed by atoms with E-state index in [4.69, 9.17) is 10.00 Å². The maximum atomic E-state index is 13.6. The number of benzene rings is 2. The molecule has 2 atom stereocenters. The number of amides is 1. The number of fused-ring (bicyclic) bond motifs is 1. The molecule has 0 radical (unpaired) electrons. The zero-order valence-corrected chi connectivity index (χ0v) is 19.5. The number of halogens is 3. The Morgan fingerprint density at radius 2 is 1.92 bits per heavy atom. The predicted octanol–water partition coefficient (Wildman–Crippen LogP) is 3.96. The minimum Gasteiger partial charge on any atom is -0.388 e. The second-order valence-corrected chi connectivity index (χ2v) is 9.32. The zero-order valence-electron chi connectivity index (χ0n) is 19.5. The van der Waals surface area contributed by atoms with Crippen LogP contribution in [0.2, 0.25) is 0 Å². The van der Waals surface area contributed by atoms with Gasteiger partial charge < -0.3 is 14.7 Å². The third-order valence-corrected chi connectivity index (χ3v) is 6.61. The van der Waals surface area contributed by atoms with Crippen LogP contribution in [0.25, 0.3) is 10.9 Å². The summed E-state index contributed by atoms with van der Waals surface area (Å²) >= 11 is 0. The number of carbonyl (C=O) groups excluding carboxylic acids is 1. The average Bonchev–Trinajstić information content (AvgIpc) is 3.47. The fraction of sp³-hybridized carbons (Fsp3) is 0.320. The summed E-state index contributed by atoms with van der Waals surface area (Å²) in [7, 11) is 0. The Morgan fingerprint density at radius 3 is 2.56 bits per heavy atom. The topological polar surface area (TPSA) is 94.6 Å². The number of aliphatic hydroxyl groups is 1. The van der Waals surface area contributed by atoms with Gasteiger partial charge in [-0.15, -0.1) is 0 Å². The molecule has 2 aliphatic rings. The predicted molar refractivity (Wildman–Crippen MR) is 125 cm³/mol. The van der Waals surface area contributed by atoms with Gasteiger partial charge >= 0.3 is 6.18 Å². The fourth-order valence-electron chi connectivity index (χ4n) is 4.78. The number of nitriles is 1. The molecule has 2 aliphatic heterocycles. The minimum absolute atomic E-state index is 0.0315. The maximum absolute atomic E-state index is 13.6. The van der Waals surface area contributed by atoms with Crippen LogP contribution in [0.4, 0.5) is 24.5 Å². The molecular weight excluding hydrogens is 475 g/mol. The molecule has 8 nitrogen and oxygen atoms in total. The molecular formula is C25H22F3N5O3. The van der Waals surface area contributed by atoms with Crippen molar-refractivity contribution in [3.8, 4) is 6.07 Å². The Kier molecular flexibility index (Phi) is 5.35. The first kappa shape index (κ1) is 23.8. The van der Waals surface area contributed by atoms with E-state index < -0.39 is 34.9 Å². The minimum atomic E-state index is -4.76. The van der Waals surface area contributed by atoms with Gasteiger partial charge in [0.15, 0.2) is 0 Å². The molecule has 11 heteroatoms. The van der Waals surface area contributed by atoms with Crippen molar-refractivity contribution in [2.75, 3.05) is 23.0 Å². The SMILES string of the molecule is C=C1N(c2ccc(C#N)c(C(F)(F)F)c2)C(=O)C(C)(C)N1c1ccc2nn(C3COCC3O)cc2c1. The highest BCUT2D eigenvalue weighted by atomic mass is 19.4. The Morgan fingerprint density at radius 1 is 1.19 bits per heavy atom. The maximum Gasteiger partial charge on any atom is 0.417 e. The molecule has 1 amide bonds. The third-order valence-electron chi connectivity index (χ3n) is 6.61. The Hall–Kier alpha value is -3.88. The van der Waals surface area contributed by atoms with E-state index in [2.05, 4.69) is 11.7 Å². The molecule has 5 rings (SSSR count). The van der Waals surface area contributed by atoms with E-state index >= 15 is 0 Å². The molecule has 0 spiro atoms. The van der Waals surface area contributed by atoms with Gasteiger partial charge in [-0.3, -0.25) is 14.4 Å². The van der Waals surface area contributed by atoms with Gasteiger partial charge in [0, 0.05) is 17.3 Å². The highest BCUT2D eigenvalue weighted by molar-refractivity contribution is 6.10. The summed E-state index contributed by atoms with van der Waals surface area (Å²) in [5.74, 6) is -0.290. The molecule has 0 aliphatic carbocycles. The number of alkyl halides is 3. The lowest BCUT2D eigenvalue weighted by Crippen LogP contribution is -2.43. The van der Waals surface area contributed by atoms with Crippen LogP contribution in [0.5, 0.6) is 0 Å². The lowest BCUT2D eigenvalue weighted by Gasteiger charge is -2.30. The first-order valence-electron chi connectivity index (χ1n) is 11.1. The lowest BCUT2D eigenvalue weighted by molar-refractivity contribution is -0.137. The summed E-state index contributed by atoms with van der Waals surface area (Å²) in [6, 6.07) is 9.72. The monoisotopic (exact) mass is 497 g/mol. The average molecular weight is 497 g/mol. The van der Waals surface area contributed by atoms with Crippen LogP contribution in [0, 0.1) is 11.3 Å². The molecule has 2 unspecified atom stereocenters. The molecule has 36 heavy (non-hydrogen) atoms. The lowest BCUT2D eigenvalue weighted by atomic mass is 10.0. The van der Waals surface area contributed by atoms with Crippen molar-refractivity contribution in [1.29, 1.82) is 5.26 Å². The normalized spacial score (nSPS) is 22.0. The molecule has 2 fully saturated rings. The van der Waals surface area contributed by atoms with Crippen LogP contribution in [-0.2, 0) is 15.7 Å². The molecule has 186 valence electrons. The smallest absolute Gasteiger partial charge is 0.388 e. The quantitative estimate of drug-likeness (QED) is 0.589. The van der Waals surface area contributed by atoms with Crippen molar-refractivity contribution in [2.24, 2.45) is 0 Å². The van der Waals surface area contributed by atoms with Gasteiger partial charge in [-0.25, -0.2) is 0 Å². The van der Waals surface area contributed by atoms with E-state index in [-0.39, 0.29) is 24.2 Å². The van der Waals surface area contributed by atoms with E-state index in [0.29, 0.717) is 17.8 Å². The summed E-state index contributed by atoms with van der Waals surface area (Å²) in [4.78, 5) is 16.2. The van der Waals surface area contributed by atoms with E-state index in [1.54, 1.807) is 47.8 Å². The molecule has 1 N–H and O–H groups in total. The Balaban J connectivity index is 1.54. The summed E-state index contributed by atoms with van der Waals surface area (Å²) in [6.45, 7) is 7.92. The molecule has 2 aromatic carbocycles. The van der Waals surface area contributed by atoms with Gasteiger partial charge in [0.05, 0.1) is 41.6 Å². The highest BCUT2D eigenvalue weighted by Crippen LogP contribution is 2.43. The first-order chi connectivity index (χ1) is 16.9. The number of ether oxygens (including phenoxy) is 1. The summed E-state index contributed by atoms with van der Waals surface area (Å²) in [5, 5.41) is 24.5. The fourth-order valence-corrected chi connectivity index (χ4v) is 4.78. The van der Waals surface area contributed by atoms with Crippen LogP contribution in [-0.4, -0.2) is 45.7 Å². The van der Waals surface area contributed by atoms with Gasteiger partial charge in [-0.05, 0) is 50.2 Å². The van der Waals surface area contributed by atoms with Crippen LogP contribution in [0.15, 0.2) is 55.0 Å². The van der Waals surface area contributed by atoms with Gasteiger partial charge in [0.2, 0.25) is 0 Å². The van der Waals surface area contributed by atoms with E-state index in [1.165, 1.54) is 6.07 Å². The highest BCUT2D eigenvalue weighted by Gasteiger charge is 2.49. The first-order valence-corrected chi connectivity index (χ1v) is 11.1. The van der Waals surface area contributed by atoms with Crippen molar-refractivity contribution < 1.29 is 27.8 Å². The molecule has 0 saturated carbocycles. The number of nitrogens with zero attached hydrogens (tertiary/aromatic N) is 5. The van der Waals surface area contributed by atoms with E-state index in [1.807, 2.05) is 6.07 Å². The number of carbonyl (C=O) groups is 1. The van der Waals surface area contributed by atoms with Crippen molar-refractivity contribution in [1.82, 2.24) is 9.78 Å². The number of aromatic nitrogens is 2. The molecule has 1 aromatic heterocycles. The molecule has 0 bridgehead atoms. The van der Waals surface area contributed by atoms with Crippen LogP contribution < -0.4 is 9.80 Å². The molecule has 2 saturated heterocycles. The van der Waals surface area contributed by atoms with Crippen molar-refractivity contribution >= 4 is 28.2 Å². The molecule has 3 aromatic rings. The number of hydrogen-bond acceptors (Lipinski definition) is 6. The zero-order chi connectivity index (χ0) is 26.0. The molecule has 3 heterocycles. The van der Waals surface area contributed by atoms with Gasteiger partial charge in [0.1, 0.15) is 23.5 Å². The van der Waals surface area contributed by atoms with Gasteiger partial charge in [-0.1, -0.05) is 6.58 Å². The Labute approximate surface area is 204 Å². The largest absolute Gasteiger partial charge is 0.417 e. The number of hydrogen-bond donors (Lipinski definition) is 1. The van der Waals surface area contributed by atoms with Crippen LogP contribution >= 0.6 is 0 Å². The number of anilines is 2. The van der Waals surface area contributed by atoms with E-state index in [0.717, 1.165) is 22.4 Å². The van der Waals surface area contributed by atoms with Crippen molar-refractivity contribution in [2.45, 2.75) is 37.7 Å². The summed E-state index contributed by atoms with van der Waals surface area (Å²) < 4.78 is 47.6. The van der Waals surface area contributed by atoms with Gasteiger partial charge in [-0.2, -0.15) is 23.5 Å². The Bertz CT molecular complexity index is 1440. The van der Waals surface area contributed by atoms with E-state index in [9.17, 15) is 23.1 Å². The third kappa shape index (κ3) is 3.61. The van der Waals surface area contributed by atoms with Crippen molar-refractivity contribution in [3.05, 3.63) is 66.1 Å². The number of rotatable bonds is 3. The van der Waals surface area contributed by atoms with Crippen LogP contribution in [0.1, 0.15) is 31.0 Å². The van der Waals surface area contributed by atoms with Crippen LogP contribution in [0.3, 0.4) is 0 Å². The van der Waals surface area contributed by atoms with Gasteiger partial charge in [0.25, 0.3) is 5.91 Å². The second-order valence-electron chi connectivity index (χ2n) is 9.32.